The molecule has 2 amide bonds. The topological polar surface area (TPSA) is 77.2 Å². The van der Waals surface area contributed by atoms with E-state index in [1.54, 1.807) is 6.07 Å². The SMILES string of the molecule is CC(=O)NC(Cc1c[nH]c2ccccc12)C(=O)Nc1ccc(N2CCSCC2)c(Cl)c1. The lowest BCUT2D eigenvalue weighted by molar-refractivity contribution is -0.125. The fourth-order valence-electron chi connectivity index (χ4n) is 3.85. The predicted molar refractivity (Wildman–Crippen MR) is 129 cm³/mol. The van der Waals surface area contributed by atoms with Crippen molar-refractivity contribution in [2.75, 3.05) is 34.8 Å². The van der Waals surface area contributed by atoms with Crippen molar-refractivity contribution in [1.29, 1.82) is 0 Å². The Labute approximate surface area is 190 Å². The number of amides is 2. The molecule has 4 rings (SSSR count). The molecule has 0 bridgehead atoms. The van der Waals surface area contributed by atoms with E-state index in [-0.39, 0.29) is 11.8 Å². The standard InChI is InChI=1S/C23H25ClN4O2S/c1-15(29)26-21(12-16-14-25-20-5-3-2-4-18(16)20)23(30)27-17-6-7-22(19(24)13-17)28-8-10-31-11-9-28/h2-7,13-14,21,25H,8-12H2,1H3,(H,26,29)(H,27,30). The second-order valence-electron chi connectivity index (χ2n) is 7.57. The van der Waals surface area contributed by atoms with E-state index < -0.39 is 6.04 Å². The Morgan fingerprint density at radius 2 is 1.97 bits per heavy atom. The molecule has 1 aromatic heterocycles. The van der Waals surface area contributed by atoms with Crippen molar-refractivity contribution in [1.82, 2.24) is 10.3 Å². The van der Waals surface area contributed by atoms with Gasteiger partial charge in [0.2, 0.25) is 11.8 Å². The second kappa shape index (κ2) is 9.66. The zero-order chi connectivity index (χ0) is 21.8. The largest absolute Gasteiger partial charge is 0.369 e. The second-order valence-corrected chi connectivity index (χ2v) is 9.20. The molecule has 0 spiro atoms. The first kappa shape index (κ1) is 21.6. The van der Waals surface area contributed by atoms with E-state index in [2.05, 4.69) is 20.5 Å². The highest BCUT2D eigenvalue weighted by atomic mass is 35.5. The quantitative estimate of drug-likeness (QED) is 0.522. The first-order valence-electron chi connectivity index (χ1n) is 10.3. The van der Waals surface area contributed by atoms with Gasteiger partial charge >= 0.3 is 0 Å². The van der Waals surface area contributed by atoms with Gasteiger partial charge in [-0.1, -0.05) is 29.8 Å². The summed E-state index contributed by atoms with van der Waals surface area (Å²) in [4.78, 5) is 30.2. The molecule has 1 fully saturated rings. The van der Waals surface area contributed by atoms with E-state index in [1.165, 1.54) is 6.92 Å². The molecule has 0 aliphatic carbocycles. The van der Waals surface area contributed by atoms with Crippen molar-refractivity contribution in [3.8, 4) is 0 Å². The molecule has 3 N–H and O–H groups in total. The van der Waals surface area contributed by atoms with E-state index in [9.17, 15) is 9.59 Å². The normalized spacial score (nSPS) is 15.0. The highest BCUT2D eigenvalue weighted by Crippen LogP contribution is 2.30. The third-order valence-electron chi connectivity index (χ3n) is 5.36. The van der Waals surface area contributed by atoms with E-state index in [0.717, 1.165) is 46.7 Å². The van der Waals surface area contributed by atoms with Gasteiger partial charge in [0.1, 0.15) is 6.04 Å². The Morgan fingerprint density at radius 1 is 1.19 bits per heavy atom. The number of H-pyrrole nitrogens is 1. The molecule has 2 aromatic carbocycles. The number of hydrogen-bond acceptors (Lipinski definition) is 4. The van der Waals surface area contributed by atoms with Gasteiger partial charge in [0.25, 0.3) is 0 Å². The van der Waals surface area contributed by atoms with Crippen LogP contribution in [0.3, 0.4) is 0 Å². The lowest BCUT2D eigenvalue weighted by Crippen LogP contribution is -2.44. The van der Waals surface area contributed by atoms with Crippen LogP contribution in [0.5, 0.6) is 0 Å². The fourth-order valence-corrected chi connectivity index (χ4v) is 5.05. The van der Waals surface area contributed by atoms with Crippen LogP contribution in [0.25, 0.3) is 10.9 Å². The van der Waals surface area contributed by atoms with Crippen molar-refractivity contribution in [2.24, 2.45) is 0 Å². The van der Waals surface area contributed by atoms with Crippen LogP contribution < -0.4 is 15.5 Å². The molecule has 3 aromatic rings. The van der Waals surface area contributed by atoms with Crippen LogP contribution in [0.15, 0.2) is 48.7 Å². The number of nitrogens with zero attached hydrogens (tertiary/aromatic N) is 1. The van der Waals surface area contributed by atoms with Gasteiger partial charge in [-0.05, 0) is 29.8 Å². The zero-order valence-electron chi connectivity index (χ0n) is 17.3. The minimum Gasteiger partial charge on any atom is -0.369 e. The summed E-state index contributed by atoms with van der Waals surface area (Å²) in [5.41, 5.74) is 3.57. The summed E-state index contributed by atoms with van der Waals surface area (Å²) in [6, 6.07) is 12.8. The maximum Gasteiger partial charge on any atom is 0.247 e. The van der Waals surface area contributed by atoms with Gasteiger partial charge in [-0.15, -0.1) is 0 Å². The number of halogens is 1. The van der Waals surface area contributed by atoms with E-state index in [0.29, 0.717) is 17.1 Å². The maximum absolute atomic E-state index is 13.0. The molecule has 6 nitrogen and oxygen atoms in total. The molecule has 1 saturated heterocycles. The molecule has 162 valence electrons. The average molecular weight is 457 g/mol. The number of fused-ring (bicyclic) bond motifs is 1. The number of benzene rings is 2. The highest BCUT2D eigenvalue weighted by Gasteiger charge is 2.22. The number of thioether (sulfide) groups is 1. The van der Waals surface area contributed by atoms with E-state index >= 15 is 0 Å². The monoisotopic (exact) mass is 456 g/mol. The minimum absolute atomic E-state index is 0.253. The molecular weight excluding hydrogens is 432 g/mol. The van der Waals surface area contributed by atoms with Gasteiger partial charge in [-0.3, -0.25) is 9.59 Å². The number of aromatic amines is 1. The summed E-state index contributed by atoms with van der Waals surface area (Å²) in [5.74, 6) is 1.64. The van der Waals surface area contributed by atoms with Crippen LogP contribution >= 0.6 is 23.4 Å². The number of hydrogen-bond donors (Lipinski definition) is 3. The Morgan fingerprint density at radius 3 is 2.71 bits per heavy atom. The number of rotatable bonds is 6. The first-order valence-corrected chi connectivity index (χ1v) is 11.8. The summed E-state index contributed by atoms with van der Waals surface area (Å²) in [6.07, 6.45) is 2.27. The van der Waals surface area contributed by atoms with Crippen LogP contribution in [0.2, 0.25) is 5.02 Å². The molecule has 0 radical (unpaired) electrons. The van der Waals surface area contributed by atoms with Gasteiger partial charge in [0.05, 0.1) is 10.7 Å². The number of carbonyl (C=O) groups excluding carboxylic acids is 2. The Bertz CT molecular complexity index is 1090. The first-order chi connectivity index (χ1) is 15.0. The van der Waals surface area contributed by atoms with Gasteiger partial charge in [0.15, 0.2) is 0 Å². The maximum atomic E-state index is 13.0. The van der Waals surface area contributed by atoms with E-state index in [1.807, 2.05) is 54.4 Å². The molecule has 2 heterocycles. The predicted octanol–water partition coefficient (Wildman–Crippen LogP) is 4.06. The summed E-state index contributed by atoms with van der Waals surface area (Å²) in [5, 5.41) is 7.33. The molecule has 1 aliphatic heterocycles. The Kier molecular flexibility index (Phi) is 6.73. The van der Waals surface area contributed by atoms with Gasteiger partial charge < -0.3 is 20.5 Å². The fraction of sp³-hybridized carbons (Fsp3) is 0.304. The van der Waals surface area contributed by atoms with Crippen molar-refractivity contribution >= 4 is 57.5 Å². The van der Waals surface area contributed by atoms with Crippen LogP contribution in [-0.2, 0) is 16.0 Å². The highest BCUT2D eigenvalue weighted by molar-refractivity contribution is 7.99. The number of nitrogens with one attached hydrogen (secondary N) is 3. The van der Waals surface area contributed by atoms with Crippen molar-refractivity contribution in [3.05, 3.63) is 59.2 Å². The van der Waals surface area contributed by atoms with Crippen molar-refractivity contribution < 1.29 is 9.59 Å². The Balaban J connectivity index is 1.49. The molecule has 8 heteroatoms. The number of para-hydroxylation sites is 1. The molecule has 1 atom stereocenters. The molecule has 0 saturated carbocycles. The van der Waals surface area contributed by atoms with Crippen LogP contribution in [0.1, 0.15) is 12.5 Å². The van der Waals surface area contributed by atoms with Gasteiger partial charge in [0, 0.05) is 60.7 Å². The van der Waals surface area contributed by atoms with E-state index in [4.69, 9.17) is 11.6 Å². The summed E-state index contributed by atoms with van der Waals surface area (Å²) in [7, 11) is 0. The lowest BCUT2D eigenvalue weighted by Gasteiger charge is -2.29. The average Bonchev–Trinajstić information content (AvgIpc) is 3.16. The minimum atomic E-state index is -0.700. The van der Waals surface area contributed by atoms with Crippen molar-refractivity contribution in [2.45, 2.75) is 19.4 Å². The van der Waals surface area contributed by atoms with Crippen LogP contribution in [0.4, 0.5) is 11.4 Å². The van der Waals surface area contributed by atoms with Gasteiger partial charge in [-0.25, -0.2) is 0 Å². The molecular formula is C23H25ClN4O2S. The molecule has 31 heavy (non-hydrogen) atoms. The lowest BCUT2D eigenvalue weighted by atomic mass is 10.0. The van der Waals surface area contributed by atoms with Crippen LogP contribution in [-0.4, -0.2) is 47.4 Å². The molecule has 1 aliphatic rings. The summed E-state index contributed by atoms with van der Waals surface area (Å²) in [6.45, 7) is 3.34. The third kappa shape index (κ3) is 5.17. The zero-order valence-corrected chi connectivity index (χ0v) is 18.9. The summed E-state index contributed by atoms with van der Waals surface area (Å²) >= 11 is 8.46. The number of aromatic nitrogens is 1. The smallest absolute Gasteiger partial charge is 0.247 e. The molecule has 1 unspecified atom stereocenters. The summed E-state index contributed by atoms with van der Waals surface area (Å²) < 4.78 is 0. The number of carbonyl (C=O) groups is 2. The van der Waals surface area contributed by atoms with Crippen LogP contribution in [0, 0.1) is 0 Å². The van der Waals surface area contributed by atoms with Crippen molar-refractivity contribution in [3.63, 3.8) is 0 Å². The van der Waals surface area contributed by atoms with Gasteiger partial charge in [-0.2, -0.15) is 11.8 Å². The number of anilines is 2. The third-order valence-corrected chi connectivity index (χ3v) is 6.61. The Hall–Kier alpha value is -2.64.